The van der Waals surface area contributed by atoms with Gasteiger partial charge in [0, 0.05) is 24.0 Å². The highest BCUT2D eigenvalue weighted by atomic mass is 35.5. The third kappa shape index (κ3) is 2.46. The molecule has 0 N–H and O–H groups in total. The number of anilines is 1. The molecule has 22 heavy (non-hydrogen) atoms. The van der Waals surface area contributed by atoms with Gasteiger partial charge in [0.1, 0.15) is 5.82 Å². The number of hydrogen-bond donors (Lipinski definition) is 0. The Labute approximate surface area is 133 Å². The lowest BCUT2D eigenvalue weighted by atomic mass is 10.2. The fourth-order valence-corrected chi connectivity index (χ4v) is 2.62. The Morgan fingerprint density at radius 3 is 2.59 bits per heavy atom. The topological polar surface area (TPSA) is 38.1 Å². The maximum absolute atomic E-state index is 12.6. The minimum absolute atomic E-state index is 0.309. The predicted molar refractivity (Wildman–Crippen MR) is 91.3 cm³/mol. The molecule has 4 nitrogen and oxygen atoms in total. The summed E-state index contributed by atoms with van der Waals surface area (Å²) in [5.41, 5.74) is 1.23. The first-order chi connectivity index (χ1) is 10.6. The van der Waals surface area contributed by atoms with Crippen LogP contribution in [0.25, 0.3) is 16.6 Å². The molecule has 0 radical (unpaired) electrons. The molecular weight excluding hydrogens is 298 g/mol. The lowest BCUT2D eigenvalue weighted by Gasteiger charge is -2.19. The zero-order valence-corrected chi connectivity index (χ0v) is 13.2. The van der Waals surface area contributed by atoms with Gasteiger partial charge in [-0.1, -0.05) is 29.8 Å². The number of para-hydroxylation sites is 1. The summed E-state index contributed by atoms with van der Waals surface area (Å²) < 4.78 is 1.59. The molecule has 0 bridgehead atoms. The van der Waals surface area contributed by atoms with Gasteiger partial charge in [0.05, 0.1) is 11.2 Å². The number of benzene rings is 2. The molecule has 3 rings (SSSR count). The van der Waals surface area contributed by atoms with E-state index in [1.807, 2.05) is 61.3 Å². The number of halogens is 1. The molecule has 0 fully saturated rings. The van der Waals surface area contributed by atoms with Gasteiger partial charge in [-0.25, -0.2) is 4.79 Å². The molecule has 0 unspecified atom stereocenters. The second kappa shape index (κ2) is 5.81. The van der Waals surface area contributed by atoms with Crippen molar-refractivity contribution in [3.05, 3.63) is 64.0 Å². The van der Waals surface area contributed by atoms with Gasteiger partial charge >= 0.3 is 5.69 Å². The van der Waals surface area contributed by atoms with Crippen molar-refractivity contribution in [2.24, 2.45) is 0 Å². The molecule has 1 aromatic heterocycles. The van der Waals surface area contributed by atoms with E-state index >= 15 is 0 Å². The van der Waals surface area contributed by atoms with E-state index in [1.165, 1.54) is 0 Å². The van der Waals surface area contributed by atoms with Gasteiger partial charge in [0.25, 0.3) is 0 Å². The Hall–Kier alpha value is -2.33. The highest BCUT2D eigenvalue weighted by Gasteiger charge is 2.14. The normalized spacial score (nSPS) is 10.9. The zero-order valence-electron chi connectivity index (χ0n) is 12.5. The highest BCUT2D eigenvalue weighted by molar-refractivity contribution is 6.31. The van der Waals surface area contributed by atoms with E-state index in [0.29, 0.717) is 10.8 Å². The molecule has 2 aromatic carbocycles. The molecule has 0 spiro atoms. The van der Waals surface area contributed by atoms with Gasteiger partial charge in [-0.05, 0) is 37.3 Å². The van der Waals surface area contributed by atoms with E-state index in [9.17, 15) is 4.79 Å². The largest absolute Gasteiger partial charge is 0.359 e. The van der Waals surface area contributed by atoms with Crippen molar-refractivity contribution in [1.82, 2.24) is 9.55 Å². The number of hydrogen-bond acceptors (Lipinski definition) is 3. The summed E-state index contributed by atoms with van der Waals surface area (Å²) in [6.07, 6.45) is 0. The number of nitrogens with zero attached hydrogens (tertiary/aromatic N) is 3. The molecule has 0 atom stereocenters. The minimum Gasteiger partial charge on any atom is -0.359 e. The summed E-state index contributed by atoms with van der Waals surface area (Å²) in [5.74, 6) is 0.673. The van der Waals surface area contributed by atoms with E-state index in [4.69, 9.17) is 11.6 Å². The Morgan fingerprint density at radius 1 is 1.18 bits per heavy atom. The van der Waals surface area contributed by atoms with Gasteiger partial charge in [-0.2, -0.15) is 4.98 Å². The fourth-order valence-electron chi connectivity index (χ4n) is 2.45. The van der Waals surface area contributed by atoms with Crippen LogP contribution in [0.5, 0.6) is 0 Å². The van der Waals surface area contributed by atoms with Crippen LogP contribution in [0.1, 0.15) is 6.92 Å². The van der Waals surface area contributed by atoms with Crippen LogP contribution < -0.4 is 10.6 Å². The quantitative estimate of drug-likeness (QED) is 0.743. The standard InChI is InChI=1S/C17H16ClN3O/c1-3-20(2)16-14-10-9-12(18)11-15(14)21(17(22)19-16)13-7-5-4-6-8-13/h4-11H,3H2,1-2H3. The summed E-state index contributed by atoms with van der Waals surface area (Å²) in [6.45, 7) is 2.78. The van der Waals surface area contributed by atoms with Crippen LogP contribution in [0.4, 0.5) is 5.82 Å². The van der Waals surface area contributed by atoms with Gasteiger partial charge in [-0.15, -0.1) is 0 Å². The second-order valence-corrected chi connectivity index (χ2v) is 5.50. The Kier molecular flexibility index (Phi) is 3.86. The SMILES string of the molecule is CCN(C)c1nc(=O)n(-c2ccccc2)c2cc(Cl)ccc12. The van der Waals surface area contributed by atoms with Gasteiger partial charge < -0.3 is 4.90 Å². The van der Waals surface area contributed by atoms with Gasteiger partial charge in [0.15, 0.2) is 0 Å². The van der Waals surface area contributed by atoms with Crippen molar-refractivity contribution in [2.45, 2.75) is 6.92 Å². The average molecular weight is 314 g/mol. The van der Waals surface area contributed by atoms with Crippen LogP contribution in [0.2, 0.25) is 5.02 Å². The van der Waals surface area contributed by atoms with E-state index in [0.717, 1.165) is 23.1 Å². The van der Waals surface area contributed by atoms with Crippen molar-refractivity contribution in [3.63, 3.8) is 0 Å². The van der Waals surface area contributed by atoms with E-state index < -0.39 is 0 Å². The molecule has 0 saturated carbocycles. The lowest BCUT2D eigenvalue weighted by Crippen LogP contribution is -2.27. The molecule has 0 saturated heterocycles. The first-order valence-corrected chi connectivity index (χ1v) is 7.48. The fraction of sp³-hybridized carbons (Fsp3) is 0.176. The first-order valence-electron chi connectivity index (χ1n) is 7.10. The molecular formula is C17H16ClN3O. The summed E-state index contributed by atoms with van der Waals surface area (Å²) in [5, 5.41) is 1.49. The van der Waals surface area contributed by atoms with Crippen LogP contribution in [0.3, 0.4) is 0 Å². The maximum Gasteiger partial charge on any atom is 0.354 e. The minimum atomic E-state index is -0.309. The molecule has 3 aromatic rings. The van der Waals surface area contributed by atoms with Crippen LogP contribution in [0, 0.1) is 0 Å². The van der Waals surface area contributed by atoms with Crippen molar-refractivity contribution >= 4 is 28.3 Å². The van der Waals surface area contributed by atoms with E-state index in [-0.39, 0.29) is 5.69 Å². The van der Waals surface area contributed by atoms with E-state index in [1.54, 1.807) is 10.6 Å². The van der Waals surface area contributed by atoms with Crippen molar-refractivity contribution in [1.29, 1.82) is 0 Å². The first kappa shape index (κ1) is 14.6. The van der Waals surface area contributed by atoms with Crippen LogP contribution in [-0.4, -0.2) is 23.1 Å². The van der Waals surface area contributed by atoms with Gasteiger partial charge in [-0.3, -0.25) is 4.57 Å². The van der Waals surface area contributed by atoms with Gasteiger partial charge in [0.2, 0.25) is 0 Å². The molecule has 112 valence electrons. The maximum atomic E-state index is 12.6. The summed E-state index contributed by atoms with van der Waals surface area (Å²) >= 11 is 6.15. The van der Waals surface area contributed by atoms with Crippen LogP contribution in [-0.2, 0) is 0 Å². The number of rotatable bonds is 3. The Bertz CT molecular complexity index is 874. The number of aromatic nitrogens is 2. The molecule has 0 aliphatic rings. The summed E-state index contributed by atoms with van der Waals surface area (Å²) in [7, 11) is 1.92. The van der Waals surface area contributed by atoms with Crippen molar-refractivity contribution < 1.29 is 0 Å². The molecule has 0 aliphatic carbocycles. The Morgan fingerprint density at radius 2 is 1.91 bits per heavy atom. The van der Waals surface area contributed by atoms with Crippen molar-refractivity contribution in [2.75, 3.05) is 18.5 Å². The predicted octanol–water partition coefficient (Wildman–Crippen LogP) is 3.50. The second-order valence-electron chi connectivity index (χ2n) is 5.06. The monoisotopic (exact) mass is 313 g/mol. The van der Waals surface area contributed by atoms with Crippen LogP contribution >= 0.6 is 11.6 Å². The third-order valence-electron chi connectivity index (χ3n) is 3.68. The smallest absolute Gasteiger partial charge is 0.354 e. The summed E-state index contributed by atoms with van der Waals surface area (Å²) in [6, 6.07) is 15.0. The van der Waals surface area contributed by atoms with Crippen LogP contribution in [0.15, 0.2) is 53.3 Å². The molecule has 1 heterocycles. The lowest BCUT2D eigenvalue weighted by molar-refractivity contribution is 0.896. The molecule has 5 heteroatoms. The molecule has 0 aliphatic heterocycles. The highest BCUT2D eigenvalue weighted by Crippen LogP contribution is 2.26. The number of fused-ring (bicyclic) bond motifs is 1. The summed E-state index contributed by atoms with van der Waals surface area (Å²) in [4.78, 5) is 18.8. The Balaban J connectivity index is 2.42. The van der Waals surface area contributed by atoms with Crippen molar-refractivity contribution in [3.8, 4) is 5.69 Å². The average Bonchev–Trinajstić information content (AvgIpc) is 2.54. The zero-order chi connectivity index (χ0) is 15.7. The third-order valence-corrected chi connectivity index (χ3v) is 3.92. The van der Waals surface area contributed by atoms with E-state index in [2.05, 4.69) is 4.98 Å². The molecule has 0 amide bonds.